The third-order valence-electron chi connectivity index (χ3n) is 3.71. The Morgan fingerprint density at radius 1 is 1.15 bits per heavy atom. The van der Waals surface area contributed by atoms with E-state index in [0.29, 0.717) is 5.56 Å². The lowest BCUT2D eigenvalue weighted by Crippen LogP contribution is -2.10. The second-order valence-electron chi connectivity index (χ2n) is 6.05. The molecule has 0 radical (unpaired) electrons. The highest BCUT2D eigenvalue weighted by Crippen LogP contribution is 2.15. The van der Waals surface area contributed by atoms with Crippen LogP contribution in [0.1, 0.15) is 17.5 Å². The highest BCUT2D eigenvalue weighted by molar-refractivity contribution is 6.03. The number of non-ortho nitro benzene ring substituents is 1. The molecule has 140 valence electrons. The minimum absolute atomic E-state index is 0.0655. The molecule has 0 amide bonds. The summed E-state index contributed by atoms with van der Waals surface area (Å²) in [5.41, 5.74) is 2.30. The van der Waals surface area contributed by atoms with E-state index < -0.39 is 16.7 Å². The van der Waals surface area contributed by atoms with E-state index in [4.69, 9.17) is 4.74 Å². The Morgan fingerprint density at radius 3 is 2.48 bits per heavy atom. The molecule has 27 heavy (non-hydrogen) atoms. The van der Waals surface area contributed by atoms with Gasteiger partial charge >= 0.3 is 5.97 Å². The fourth-order valence-corrected chi connectivity index (χ4v) is 2.24. The third-order valence-corrected chi connectivity index (χ3v) is 3.71. The lowest BCUT2D eigenvalue weighted by atomic mass is 10.1. The van der Waals surface area contributed by atoms with Crippen LogP contribution in [0, 0.1) is 10.1 Å². The summed E-state index contributed by atoms with van der Waals surface area (Å²) in [6.07, 6.45) is 2.26. The largest absolute Gasteiger partial charge is 0.460 e. The SMILES string of the molecule is CN(C)c1ccc(COC(=O)CC(=O)C=Cc2cccc([N+](=O)[O-])c2)cc1. The molecule has 0 unspecified atom stereocenters. The standard InChI is InChI=1S/C20H20N2O5/c1-21(2)17-9-6-16(7-10-17)14-27-20(24)13-19(23)11-8-15-4-3-5-18(12-15)22(25)26/h3-12H,13-14H2,1-2H3. The van der Waals surface area contributed by atoms with Gasteiger partial charge in [0.05, 0.1) is 4.92 Å². The van der Waals surface area contributed by atoms with Crippen molar-refractivity contribution in [2.75, 3.05) is 19.0 Å². The summed E-state index contributed by atoms with van der Waals surface area (Å²) in [4.78, 5) is 35.8. The molecule has 0 spiro atoms. The van der Waals surface area contributed by atoms with Crippen molar-refractivity contribution in [1.29, 1.82) is 0 Å². The van der Waals surface area contributed by atoms with Gasteiger partial charge in [0.15, 0.2) is 5.78 Å². The van der Waals surface area contributed by atoms with Crippen molar-refractivity contribution in [3.8, 4) is 0 Å². The number of anilines is 1. The molecule has 0 aromatic heterocycles. The van der Waals surface area contributed by atoms with Gasteiger partial charge in [-0.2, -0.15) is 0 Å². The molecular weight excluding hydrogens is 348 g/mol. The molecule has 2 rings (SSSR count). The van der Waals surface area contributed by atoms with Crippen LogP contribution in [0.15, 0.2) is 54.6 Å². The molecule has 0 atom stereocenters. The van der Waals surface area contributed by atoms with E-state index in [9.17, 15) is 19.7 Å². The number of carbonyl (C=O) groups excluding carboxylic acids is 2. The van der Waals surface area contributed by atoms with E-state index >= 15 is 0 Å². The highest BCUT2D eigenvalue weighted by Gasteiger charge is 2.09. The zero-order valence-corrected chi connectivity index (χ0v) is 15.1. The van der Waals surface area contributed by atoms with Crippen molar-refractivity contribution in [3.63, 3.8) is 0 Å². The van der Waals surface area contributed by atoms with Gasteiger partial charge in [0, 0.05) is 31.9 Å². The first-order valence-electron chi connectivity index (χ1n) is 8.22. The fraction of sp³-hybridized carbons (Fsp3) is 0.200. The van der Waals surface area contributed by atoms with Crippen molar-refractivity contribution in [1.82, 2.24) is 0 Å². The van der Waals surface area contributed by atoms with Gasteiger partial charge in [-0.25, -0.2) is 0 Å². The van der Waals surface area contributed by atoms with Crippen molar-refractivity contribution in [2.24, 2.45) is 0 Å². The summed E-state index contributed by atoms with van der Waals surface area (Å²) in [6.45, 7) is 0.0917. The minimum atomic E-state index is -0.625. The molecule has 0 N–H and O–H groups in total. The van der Waals surface area contributed by atoms with Gasteiger partial charge in [-0.15, -0.1) is 0 Å². The van der Waals surface area contributed by atoms with Gasteiger partial charge in [-0.3, -0.25) is 19.7 Å². The minimum Gasteiger partial charge on any atom is -0.460 e. The normalized spacial score (nSPS) is 10.6. The van der Waals surface area contributed by atoms with Crippen molar-refractivity contribution < 1.29 is 19.2 Å². The number of nitro benzene ring substituents is 1. The van der Waals surface area contributed by atoms with Crippen LogP contribution in [0.5, 0.6) is 0 Å². The maximum Gasteiger partial charge on any atom is 0.314 e. The molecule has 0 heterocycles. The number of ketones is 1. The maximum atomic E-state index is 11.8. The molecule has 0 bridgehead atoms. The smallest absolute Gasteiger partial charge is 0.314 e. The molecule has 7 nitrogen and oxygen atoms in total. The summed E-state index contributed by atoms with van der Waals surface area (Å²) in [7, 11) is 3.86. The average molecular weight is 368 g/mol. The molecule has 0 aliphatic carbocycles. The van der Waals surface area contributed by atoms with E-state index in [1.807, 2.05) is 43.3 Å². The van der Waals surface area contributed by atoms with Crippen LogP contribution in [0.25, 0.3) is 6.08 Å². The topological polar surface area (TPSA) is 89.8 Å². The monoisotopic (exact) mass is 368 g/mol. The van der Waals surface area contributed by atoms with E-state index in [1.165, 1.54) is 30.4 Å². The number of esters is 1. The Kier molecular flexibility index (Phi) is 6.82. The first-order chi connectivity index (χ1) is 12.8. The predicted molar refractivity (Wildman–Crippen MR) is 102 cm³/mol. The van der Waals surface area contributed by atoms with Gasteiger partial charge < -0.3 is 9.64 Å². The number of carbonyl (C=O) groups is 2. The fourth-order valence-electron chi connectivity index (χ4n) is 2.24. The van der Waals surface area contributed by atoms with Crippen LogP contribution in [0.2, 0.25) is 0 Å². The second-order valence-corrected chi connectivity index (χ2v) is 6.05. The van der Waals surface area contributed by atoms with Gasteiger partial charge in [-0.05, 0) is 29.3 Å². The zero-order chi connectivity index (χ0) is 19.8. The Morgan fingerprint density at radius 2 is 1.85 bits per heavy atom. The van der Waals surface area contributed by atoms with Crippen molar-refractivity contribution >= 4 is 29.2 Å². The molecular formula is C20H20N2O5. The third kappa shape index (κ3) is 6.39. The molecule has 2 aromatic carbocycles. The summed E-state index contributed by atoms with van der Waals surface area (Å²) in [5.74, 6) is -1.06. The predicted octanol–water partition coefficient (Wildman–Crippen LogP) is 3.38. The number of nitro groups is 1. The molecule has 0 saturated heterocycles. The summed E-state index contributed by atoms with van der Waals surface area (Å²) in [6, 6.07) is 13.4. The molecule has 0 fully saturated rings. The number of hydrogen-bond acceptors (Lipinski definition) is 6. The van der Waals surface area contributed by atoms with E-state index in [-0.39, 0.29) is 18.7 Å². The Hall–Kier alpha value is -3.48. The van der Waals surface area contributed by atoms with Crippen molar-refractivity contribution in [2.45, 2.75) is 13.0 Å². The van der Waals surface area contributed by atoms with Gasteiger partial charge in [0.25, 0.3) is 5.69 Å². The number of hydrogen-bond donors (Lipinski definition) is 0. The van der Waals surface area contributed by atoms with Crippen molar-refractivity contribution in [3.05, 3.63) is 75.8 Å². The quantitative estimate of drug-likeness (QED) is 0.233. The van der Waals surface area contributed by atoms with Crippen LogP contribution in [0.3, 0.4) is 0 Å². The lowest BCUT2D eigenvalue weighted by molar-refractivity contribution is -0.384. The lowest BCUT2D eigenvalue weighted by Gasteiger charge is -2.12. The number of allylic oxidation sites excluding steroid dienone is 1. The van der Waals surface area contributed by atoms with Crippen LogP contribution in [-0.2, 0) is 20.9 Å². The second kappa shape index (κ2) is 9.28. The van der Waals surface area contributed by atoms with E-state index in [2.05, 4.69) is 0 Å². The Bertz CT molecular complexity index is 857. The van der Waals surface area contributed by atoms with Crippen LogP contribution >= 0.6 is 0 Å². The molecule has 0 saturated carbocycles. The zero-order valence-electron chi connectivity index (χ0n) is 15.1. The average Bonchev–Trinajstić information content (AvgIpc) is 2.65. The van der Waals surface area contributed by atoms with Gasteiger partial charge in [-0.1, -0.05) is 30.3 Å². The van der Waals surface area contributed by atoms with Gasteiger partial charge in [0.1, 0.15) is 13.0 Å². The number of ether oxygens (including phenoxy) is 1. The van der Waals surface area contributed by atoms with Crippen LogP contribution < -0.4 is 4.90 Å². The first kappa shape index (κ1) is 19.8. The van der Waals surface area contributed by atoms with Gasteiger partial charge in [0.2, 0.25) is 0 Å². The van der Waals surface area contributed by atoms with E-state index in [1.54, 1.807) is 6.07 Å². The summed E-state index contributed by atoms with van der Waals surface area (Å²) < 4.78 is 5.11. The summed E-state index contributed by atoms with van der Waals surface area (Å²) in [5, 5.41) is 10.7. The molecule has 7 heteroatoms. The molecule has 0 aliphatic rings. The Balaban J connectivity index is 1.83. The van der Waals surface area contributed by atoms with E-state index in [0.717, 1.165) is 11.3 Å². The van der Waals surface area contributed by atoms with Crippen LogP contribution in [0.4, 0.5) is 11.4 Å². The number of nitrogens with zero attached hydrogens (tertiary/aromatic N) is 2. The molecule has 0 aliphatic heterocycles. The molecule has 2 aromatic rings. The number of benzene rings is 2. The Labute approximate surface area is 157 Å². The first-order valence-corrected chi connectivity index (χ1v) is 8.22. The van der Waals surface area contributed by atoms with Crippen LogP contribution in [-0.4, -0.2) is 30.8 Å². The maximum absolute atomic E-state index is 11.8. The summed E-state index contributed by atoms with van der Waals surface area (Å²) >= 11 is 0. The number of rotatable bonds is 8. The highest BCUT2D eigenvalue weighted by atomic mass is 16.6.